The minimum atomic E-state index is -0.0626. The monoisotopic (exact) mass is 376 g/mol. The highest BCUT2D eigenvalue weighted by atomic mass is 35.5. The lowest BCUT2D eigenvalue weighted by Crippen LogP contribution is -2.41. The van der Waals surface area contributed by atoms with Crippen LogP contribution in [-0.2, 0) is 6.54 Å². The first kappa shape index (κ1) is 19.8. The topological polar surface area (TPSA) is 67.8 Å². The summed E-state index contributed by atoms with van der Waals surface area (Å²) < 4.78 is 11.3. The summed E-state index contributed by atoms with van der Waals surface area (Å²) in [6.07, 6.45) is 1.66. The fourth-order valence-corrected chi connectivity index (χ4v) is 2.34. The Morgan fingerprint density at radius 1 is 1.19 bits per heavy atom. The van der Waals surface area contributed by atoms with E-state index in [-0.39, 0.29) is 6.10 Å². The van der Waals surface area contributed by atoms with Crippen molar-refractivity contribution in [1.29, 1.82) is 0 Å². The summed E-state index contributed by atoms with van der Waals surface area (Å²) in [4.78, 5) is 8.62. The molecule has 1 heterocycles. The first-order valence-corrected chi connectivity index (χ1v) is 8.92. The summed E-state index contributed by atoms with van der Waals surface area (Å²) in [6, 6.07) is 11.3. The molecule has 0 aliphatic heterocycles. The van der Waals surface area contributed by atoms with Crippen molar-refractivity contribution in [3.8, 4) is 11.5 Å². The number of aliphatic imine (C=N–C) groups is 1. The quantitative estimate of drug-likeness (QED) is 0.420. The average molecular weight is 377 g/mol. The maximum Gasteiger partial charge on any atom is 0.191 e. The third-order valence-corrected chi connectivity index (χ3v) is 3.73. The highest BCUT2D eigenvalue weighted by Crippen LogP contribution is 2.26. The van der Waals surface area contributed by atoms with Crippen LogP contribution in [0.1, 0.15) is 19.4 Å². The molecule has 26 heavy (non-hydrogen) atoms. The Balaban J connectivity index is 1.90. The van der Waals surface area contributed by atoms with Crippen LogP contribution in [0.5, 0.6) is 11.5 Å². The summed E-state index contributed by atoms with van der Waals surface area (Å²) >= 11 is 5.80. The molecule has 0 saturated heterocycles. The van der Waals surface area contributed by atoms with Gasteiger partial charge >= 0.3 is 0 Å². The molecule has 1 atom stereocenters. The molecule has 0 bridgehead atoms. The van der Waals surface area contributed by atoms with Gasteiger partial charge in [-0.05, 0) is 37.6 Å². The number of nitrogens with zero attached hydrogens (tertiary/aromatic N) is 2. The Hall–Kier alpha value is -2.47. The standard InChI is InChI=1S/C19H25ClN4O2/c1-4-21-19(24-13-15-9-10-18(20)22-12-15)23-11-14(2)26-17-8-6-5-7-16(17)25-3/h5-10,12,14H,4,11,13H2,1-3H3,(H2,21,23,24). The van der Waals surface area contributed by atoms with Crippen molar-refractivity contribution in [1.82, 2.24) is 15.6 Å². The molecule has 0 aliphatic carbocycles. The van der Waals surface area contributed by atoms with Crippen LogP contribution in [0.25, 0.3) is 0 Å². The summed E-state index contributed by atoms with van der Waals surface area (Å²) in [7, 11) is 1.63. The van der Waals surface area contributed by atoms with Gasteiger partial charge in [0.2, 0.25) is 0 Å². The van der Waals surface area contributed by atoms with Crippen LogP contribution < -0.4 is 20.1 Å². The summed E-state index contributed by atoms with van der Waals surface area (Å²) in [5, 5.41) is 6.98. The van der Waals surface area contributed by atoms with Gasteiger partial charge in [0.1, 0.15) is 11.3 Å². The molecule has 0 amide bonds. The largest absolute Gasteiger partial charge is 0.493 e. The highest BCUT2D eigenvalue weighted by Gasteiger charge is 2.09. The molecule has 2 aromatic rings. The van der Waals surface area contributed by atoms with Gasteiger partial charge in [0.15, 0.2) is 17.5 Å². The Morgan fingerprint density at radius 3 is 2.62 bits per heavy atom. The number of nitrogens with one attached hydrogen (secondary N) is 2. The molecule has 140 valence electrons. The van der Waals surface area contributed by atoms with E-state index in [4.69, 9.17) is 21.1 Å². The number of halogens is 1. The average Bonchev–Trinajstić information content (AvgIpc) is 2.65. The number of para-hydroxylation sites is 2. The van der Waals surface area contributed by atoms with Crippen LogP contribution in [0.4, 0.5) is 0 Å². The first-order chi connectivity index (χ1) is 12.6. The van der Waals surface area contributed by atoms with Crippen LogP contribution in [-0.4, -0.2) is 37.2 Å². The van der Waals surface area contributed by atoms with Gasteiger partial charge in [-0.25, -0.2) is 9.98 Å². The van der Waals surface area contributed by atoms with Gasteiger partial charge in [0, 0.05) is 12.7 Å². The van der Waals surface area contributed by atoms with Crippen molar-refractivity contribution in [2.75, 3.05) is 20.2 Å². The predicted octanol–water partition coefficient (Wildman–Crippen LogP) is 3.27. The molecule has 0 saturated carbocycles. The van der Waals surface area contributed by atoms with Crippen molar-refractivity contribution in [3.63, 3.8) is 0 Å². The zero-order valence-electron chi connectivity index (χ0n) is 15.3. The van der Waals surface area contributed by atoms with Gasteiger partial charge < -0.3 is 20.1 Å². The molecular weight excluding hydrogens is 352 g/mol. The van der Waals surface area contributed by atoms with Crippen molar-refractivity contribution in [3.05, 3.63) is 53.3 Å². The Kier molecular flexibility index (Phi) is 8.02. The Morgan fingerprint density at radius 2 is 1.96 bits per heavy atom. The maximum absolute atomic E-state index is 5.95. The van der Waals surface area contributed by atoms with E-state index in [1.807, 2.05) is 44.2 Å². The van der Waals surface area contributed by atoms with E-state index >= 15 is 0 Å². The molecular formula is C19H25ClN4O2. The van der Waals surface area contributed by atoms with Crippen LogP contribution in [0.15, 0.2) is 47.6 Å². The number of ether oxygens (including phenoxy) is 2. The van der Waals surface area contributed by atoms with Gasteiger partial charge in [-0.1, -0.05) is 29.8 Å². The van der Waals surface area contributed by atoms with Gasteiger partial charge in [-0.3, -0.25) is 0 Å². The number of hydrogen-bond acceptors (Lipinski definition) is 4. The Labute approximate surface area is 159 Å². The molecule has 7 heteroatoms. The molecule has 0 aliphatic rings. The fraction of sp³-hybridized carbons (Fsp3) is 0.368. The van der Waals surface area contributed by atoms with E-state index in [9.17, 15) is 0 Å². The summed E-state index contributed by atoms with van der Waals surface area (Å²) in [5.74, 6) is 2.16. The van der Waals surface area contributed by atoms with Gasteiger partial charge in [-0.15, -0.1) is 0 Å². The SMILES string of the molecule is CCNC(=NCc1ccc(Cl)nc1)NCC(C)Oc1ccccc1OC. The molecule has 1 aromatic carbocycles. The van der Waals surface area contributed by atoms with Crippen LogP contribution in [0.2, 0.25) is 5.15 Å². The maximum atomic E-state index is 5.95. The fourth-order valence-electron chi connectivity index (χ4n) is 2.23. The number of hydrogen-bond donors (Lipinski definition) is 2. The van der Waals surface area contributed by atoms with Gasteiger partial charge in [0.05, 0.1) is 20.2 Å². The normalized spacial score (nSPS) is 12.4. The first-order valence-electron chi connectivity index (χ1n) is 8.54. The number of benzene rings is 1. The zero-order valence-corrected chi connectivity index (χ0v) is 16.1. The third-order valence-electron chi connectivity index (χ3n) is 3.51. The minimum Gasteiger partial charge on any atom is -0.493 e. The van der Waals surface area contributed by atoms with Gasteiger partial charge in [0.25, 0.3) is 0 Å². The third kappa shape index (κ3) is 6.44. The minimum absolute atomic E-state index is 0.0626. The number of pyridine rings is 1. The smallest absolute Gasteiger partial charge is 0.191 e. The van der Waals surface area contributed by atoms with E-state index in [0.29, 0.717) is 18.2 Å². The molecule has 2 N–H and O–H groups in total. The Bertz CT molecular complexity index is 707. The second-order valence-corrected chi connectivity index (χ2v) is 6.03. The number of rotatable bonds is 8. The molecule has 1 aromatic heterocycles. The lowest BCUT2D eigenvalue weighted by atomic mass is 10.3. The van der Waals surface area contributed by atoms with Crippen molar-refractivity contribution < 1.29 is 9.47 Å². The number of aromatic nitrogens is 1. The molecule has 0 fully saturated rings. The molecule has 6 nitrogen and oxygen atoms in total. The molecule has 1 unspecified atom stereocenters. The van der Waals surface area contributed by atoms with Crippen LogP contribution in [0.3, 0.4) is 0 Å². The predicted molar refractivity (Wildman–Crippen MR) is 105 cm³/mol. The van der Waals surface area contributed by atoms with Gasteiger partial charge in [-0.2, -0.15) is 0 Å². The van der Waals surface area contributed by atoms with E-state index in [0.717, 1.165) is 29.6 Å². The summed E-state index contributed by atoms with van der Waals surface area (Å²) in [6.45, 7) is 5.90. The second kappa shape index (κ2) is 10.5. The summed E-state index contributed by atoms with van der Waals surface area (Å²) in [5.41, 5.74) is 0.991. The van der Waals surface area contributed by atoms with E-state index < -0.39 is 0 Å². The second-order valence-electron chi connectivity index (χ2n) is 5.64. The van der Waals surface area contributed by atoms with E-state index in [1.54, 1.807) is 19.4 Å². The lowest BCUT2D eigenvalue weighted by molar-refractivity contribution is 0.213. The van der Waals surface area contributed by atoms with Crippen molar-refractivity contribution in [2.24, 2.45) is 4.99 Å². The van der Waals surface area contributed by atoms with E-state index in [1.165, 1.54) is 0 Å². The molecule has 2 rings (SSSR count). The zero-order chi connectivity index (χ0) is 18.8. The van der Waals surface area contributed by atoms with Crippen LogP contribution in [0, 0.1) is 0 Å². The highest BCUT2D eigenvalue weighted by molar-refractivity contribution is 6.29. The van der Waals surface area contributed by atoms with E-state index in [2.05, 4.69) is 20.6 Å². The number of guanidine groups is 1. The van der Waals surface area contributed by atoms with Crippen LogP contribution >= 0.6 is 11.6 Å². The van der Waals surface area contributed by atoms with Crippen molar-refractivity contribution in [2.45, 2.75) is 26.5 Å². The molecule has 0 spiro atoms. The number of methoxy groups -OCH3 is 1. The lowest BCUT2D eigenvalue weighted by Gasteiger charge is -2.19. The van der Waals surface area contributed by atoms with Crippen molar-refractivity contribution >= 4 is 17.6 Å². The molecule has 0 radical (unpaired) electrons.